The number of hydrogen-bond acceptors (Lipinski definition) is 5. The number of thiocarbonyl (C=S) groups is 1. The highest BCUT2D eigenvalue weighted by Gasteiger charge is 2.28. The average molecular weight is 284 g/mol. The van der Waals surface area contributed by atoms with Gasteiger partial charge in [0.1, 0.15) is 11.3 Å². The summed E-state index contributed by atoms with van der Waals surface area (Å²) < 4.78 is 4.57. The zero-order valence-corrected chi connectivity index (χ0v) is 11.9. The molecule has 2 rings (SSSR count). The number of aryl methyl sites for hydroxylation is 1. The molecule has 0 radical (unpaired) electrons. The van der Waals surface area contributed by atoms with Gasteiger partial charge in [0.2, 0.25) is 5.43 Å². The first kappa shape index (κ1) is 15.2. The summed E-state index contributed by atoms with van der Waals surface area (Å²) in [7, 11) is 1.71. The number of hydrogen-bond donors (Lipinski definition) is 1. The van der Waals surface area contributed by atoms with Gasteiger partial charge in [-0.1, -0.05) is 12.2 Å². The summed E-state index contributed by atoms with van der Waals surface area (Å²) in [6.45, 7) is 4.87. The molecule has 1 N–H and O–H groups in total. The number of aromatic hydroxyl groups is 1. The van der Waals surface area contributed by atoms with E-state index in [1.165, 1.54) is 11.2 Å². The monoisotopic (exact) mass is 284 g/mol. The van der Waals surface area contributed by atoms with Gasteiger partial charge in [0.25, 0.3) is 0 Å². The molecule has 2 heterocycles. The number of rotatable bonds is 1. The number of carbonyl (C=O) groups is 1. The number of urea groups is 1. The molecule has 1 aliphatic heterocycles. The number of likely N-dealkylation sites (N-methyl/N-ethyl adjacent to an activating group) is 2. The Hall–Kier alpha value is -1.89. The van der Waals surface area contributed by atoms with E-state index in [2.05, 4.69) is 4.42 Å². The van der Waals surface area contributed by atoms with Crippen LogP contribution in [-0.4, -0.2) is 46.1 Å². The maximum Gasteiger partial charge on any atom is 0.325 e. The molecule has 7 heteroatoms. The number of nitrogens with zero attached hydrogens (tertiary/aromatic N) is 2. The first-order valence-corrected chi connectivity index (χ1v) is 6.10. The van der Waals surface area contributed by atoms with E-state index < -0.39 is 0 Å². The minimum Gasteiger partial charge on any atom is -0.502 e. The van der Waals surface area contributed by atoms with Crippen LogP contribution in [0.2, 0.25) is 0 Å². The molecule has 1 saturated heterocycles. The Kier molecular flexibility index (Phi) is 5.05. The fraction of sp³-hybridized carbons (Fsp3) is 0.417. The van der Waals surface area contributed by atoms with Crippen molar-refractivity contribution in [2.24, 2.45) is 0 Å². The van der Waals surface area contributed by atoms with Gasteiger partial charge in [-0.15, -0.1) is 0 Å². The zero-order chi connectivity index (χ0) is 14.6. The van der Waals surface area contributed by atoms with Gasteiger partial charge < -0.3 is 14.4 Å². The van der Waals surface area contributed by atoms with Crippen molar-refractivity contribution in [1.29, 1.82) is 0 Å². The van der Waals surface area contributed by atoms with Crippen LogP contribution in [0.4, 0.5) is 4.79 Å². The van der Waals surface area contributed by atoms with Gasteiger partial charge in [-0.3, -0.25) is 9.69 Å². The van der Waals surface area contributed by atoms with E-state index >= 15 is 0 Å². The summed E-state index contributed by atoms with van der Waals surface area (Å²) in [6.07, 6.45) is 2.30. The van der Waals surface area contributed by atoms with Crippen molar-refractivity contribution in [3.05, 3.63) is 28.3 Å². The maximum atomic E-state index is 11.1. The first-order chi connectivity index (χ1) is 8.88. The standard InChI is InChI=1S/C6H10N2OS.C6H6O3/c1-3-8-4-5(10)7(2)6(8)9;1-4-2-9-3-5(7)6(4)8/h3-4H2,1-2H3;2-3,7H,1H3. The molecule has 0 saturated carbocycles. The van der Waals surface area contributed by atoms with Crippen LogP contribution in [0.15, 0.2) is 21.7 Å². The van der Waals surface area contributed by atoms with Crippen molar-refractivity contribution in [2.45, 2.75) is 13.8 Å². The summed E-state index contributed by atoms with van der Waals surface area (Å²) in [5, 5.41) is 8.69. The normalized spacial score (nSPS) is 14.5. The van der Waals surface area contributed by atoms with Gasteiger partial charge in [0, 0.05) is 19.2 Å². The molecular formula is C12H16N2O4S. The van der Waals surface area contributed by atoms with Crippen molar-refractivity contribution in [2.75, 3.05) is 20.1 Å². The molecule has 0 unspecified atom stereocenters. The van der Waals surface area contributed by atoms with Crippen molar-refractivity contribution in [3.8, 4) is 5.75 Å². The van der Waals surface area contributed by atoms with Gasteiger partial charge in [-0.2, -0.15) is 0 Å². The van der Waals surface area contributed by atoms with E-state index in [9.17, 15) is 9.59 Å². The Morgan fingerprint density at radius 2 is 2.05 bits per heavy atom. The Morgan fingerprint density at radius 3 is 2.37 bits per heavy atom. The third kappa shape index (κ3) is 3.54. The van der Waals surface area contributed by atoms with Crippen molar-refractivity contribution < 1.29 is 14.3 Å². The molecule has 2 amide bonds. The van der Waals surface area contributed by atoms with Crippen molar-refractivity contribution >= 4 is 23.2 Å². The van der Waals surface area contributed by atoms with E-state index in [4.69, 9.17) is 17.3 Å². The molecule has 1 aromatic rings. The molecule has 0 spiro atoms. The highest BCUT2D eigenvalue weighted by Crippen LogP contribution is 2.07. The number of amides is 2. The highest BCUT2D eigenvalue weighted by atomic mass is 32.1. The predicted molar refractivity (Wildman–Crippen MR) is 74.4 cm³/mol. The van der Waals surface area contributed by atoms with E-state index in [1.807, 2.05) is 6.92 Å². The van der Waals surface area contributed by atoms with Crippen LogP contribution in [0, 0.1) is 6.92 Å². The van der Waals surface area contributed by atoms with Crippen molar-refractivity contribution in [1.82, 2.24) is 9.80 Å². The molecule has 0 atom stereocenters. The fourth-order valence-electron chi connectivity index (χ4n) is 1.41. The molecule has 6 nitrogen and oxygen atoms in total. The molecule has 1 fully saturated rings. The first-order valence-electron chi connectivity index (χ1n) is 5.70. The minimum atomic E-state index is -0.374. The van der Waals surface area contributed by atoms with E-state index in [-0.39, 0.29) is 17.2 Å². The van der Waals surface area contributed by atoms with Gasteiger partial charge in [-0.05, 0) is 13.8 Å². The summed E-state index contributed by atoms with van der Waals surface area (Å²) in [6, 6.07) is 0.0208. The molecule has 0 aromatic carbocycles. The summed E-state index contributed by atoms with van der Waals surface area (Å²) in [4.78, 5) is 25.7. The zero-order valence-electron chi connectivity index (χ0n) is 11.0. The van der Waals surface area contributed by atoms with E-state index in [1.54, 1.807) is 18.9 Å². The topological polar surface area (TPSA) is 74.0 Å². The predicted octanol–water partition coefficient (Wildman–Crippen LogP) is 1.35. The lowest BCUT2D eigenvalue weighted by Crippen LogP contribution is -2.29. The Morgan fingerprint density at radius 1 is 1.42 bits per heavy atom. The Balaban J connectivity index is 0.000000191. The second-order valence-electron chi connectivity index (χ2n) is 4.02. The molecule has 19 heavy (non-hydrogen) atoms. The van der Waals surface area contributed by atoms with Crippen molar-refractivity contribution in [3.63, 3.8) is 0 Å². The third-order valence-electron chi connectivity index (χ3n) is 2.65. The highest BCUT2D eigenvalue weighted by molar-refractivity contribution is 7.80. The van der Waals surface area contributed by atoms with Crippen LogP contribution in [0.5, 0.6) is 5.75 Å². The molecule has 104 valence electrons. The van der Waals surface area contributed by atoms with Crippen LogP contribution in [0.3, 0.4) is 0 Å². The lowest BCUT2D eigenvalue weighted by Gasteiger charge is -2.10. The fourth-order valence-corrected chi connectivity index (χ4v) is 1.65. The minimum absolute atomic E-state index is 0.0208. The largest absolute Gasteiger partial charge is 0.502 e. The van der Waals surface area contributed by atoms with Crippen LogP contribution in [0.25, 0.3) is 0 Å². The van der Waals surface area contributed by atoms with Gasteiger partial charge in [0.15, 0.2) is 5.75 Å². The summed E-state index contributed by atoms with van der Waals surface area (Å²) >= 11 is 4.93. The number of carbonyl (C=O) groups excluding carboxylic acids is 1. The second kappa shape index (κ2) is 6.33. The van der Waals surface area contributed by atoms with Crippen LogP contribution < -0.4 is 5.43 Å². The van der Waals surface area contributed by atoms with Gasteiger partial charge in [-0.25, -0.2) is 4.79 Å². The molecule has 1 aromatic heterocycles. The molecule has 0 bridgehead atoms. The maximum absolute atomic E-state index is 11.1. The van der Waals surface area contributed by atoms with E-state index in [0.29, 0.717) is 17.1 Å². The summed E-state index contributed by atoms with van der Waals surface area (Å²) in [5.74, 6) is -0.338. The SMILES string of the molecule is CCN1CC(=S)N(C)C1=O.Cc1cocc(O)c1=O. The Labute approximate surface area is 116 Å². The smallest absolute Gasteiger partial charge is 0.325 e. The summed E-state index contributed by atoms with van der Waals surface area (Å²) in [5.41, 5.74) is 0.0382. The van der Waals surface area contributed by atoms with Crippen LogP contribution >= 0.6 is 12.2 Å². The Bertz CT molecular complexity index is 518. The van der Waals surface area contributed by atoms with Gasteiger partial charge in [0.05, 0.1) is 12.8 Å². The second-order valence-corrected chi connectivity index (χ2v) is 4.49. The average Bonchev–Trinajstić information content (AvgIpc) is 2.64. The molecule has 1 aliphatic rings. The lowest BCUT2D eigenvalue weighted by atomic mass is 10.3. The van der Waals surface area contributed by atoms with E-state index in [0.717, 1.165) is 12.8 Å². The molecular weight excluding hydrogens is 268 g/mol. The molecule has 0 aliphatic carbocycles. The quantitative estimate of drug-likeness (QED) is 0.788. The third-order valence-corrected chi connectivity index (χ3v) is 3.06. The van der Waals surface area contributed by atoms with Gasteiger partial charge >= 0.3 is 6.03 Å². The lowest BCUT2D eigenvalue weighted by molar-refractivity contribution is 0.203. The van der Waals surface area contributed by atoms with Crippen LogP contribution in [0.1, 0.15) is 12.5 Å². The van der Waals surface area contributed by atoms with Crippen LogP contribution in [-0.2, 0) is 0 Å².